The third kappa shape index (κ3) is 3.33. The Hall–Kier alpha value is -2.95. The molecule has 104 valence electrons. The van der Waals surface area contributed by atoms with E-state index in [2.05, 4.69) is 15.5 Å². The van der Waals surface area contributed by atoms with E-state index in [1.165, 1.54) is 10.8 Å². The van der Waals surface area contributed by atoms with Gasteiger partial charge in [0.05, 0.1) is 8.43 Å². The molecule has 0 spiro atoms. The fourth-order valence-electron chi connectivity index (χ4n) is 1.75. The third-order valence-electron chi connectivity index (χ3n) is 2.74. The van der Waals surface area contributed by atoms with E-state index in [0.29, 0.717) is 5.69 Å². The average Bonchev–Trinajstić information content (AvgIpc) is 3.02. The van der Waals surface area contributed by atoms with Crippen molar-refractivity contribution >= 4 is 6.08 Å². The summed E-state index contributed by atoms with van der Waals surface area (Å²) in [4.78, 5) is 0. The van der Waals surface area contributed by atoms with Gasteiger partial charge in [-0.15, -0.1) is 0 Å². The molecule has 0 aliphatic carbocycles. The number of aromatic nitrogens is 4. The van der Waals surface area contributed by atoms with E-state index < -0.39 is 6.56 Å². The lowest BCUT2D eigenvalue weighted by atomic mass is 10.2. The molecule has 3 aromatic rings. The van der Waals surface area contributed by atoms with Gasteiger partial charge in [0.1, 0.15) is 6.56 Å². The van der Waals surface area contributed by atoms with E-state index in [1.807, 2.05) is 48.5 Å². The molecular weight excluding hydrogens is 264 g/mol. The monoisotopic (exact) mass is 280 g/mol. The van der Waals surface area contributed by atoms with Crippen molar-refractivity contribution < 1.29 is 7.48 Å². The van der Waals surface area contributed by atoms with Gasteiger partial charge >= 0.3 is 6.01 Å². The topological polar surface area (TPSA) is 52.8 Å². The van der Waals surface area contributed by atoms with E-state index in [9.17, 15) is 0 Å². The van der Waals surface area contributed by atoms with E-state index in [1.54, 1.807) is 18.2 Å². The first-order valence-electron chi connectivity index (χ1n) is 7.41. The van der Waals surface area contributed by atoms with Crippen molar-refractivity contribution in [2.45, 2.75) is 0 Å². The Balaban J connectivity index is 1.79. The van der Waals surface area contributed by atoms with Crippen molar-refractivity contribution in [1.29, 1.82) is 0 Å². The number of para-hydroxylation sites is 1. The molecule has 0 aliphatic heterocycles. The molecule has 0 N–H and O–H groups in total. The molecule has 0 atom stereocenters. The van der Waals surface area contributed by atoms with Crippen LogP contribution in [0.2, 0.25) is 0 Å². The molecule has 5 heteroatoms. The van der Waals surface area contributed by atoms with E-state index in [0.717, 1.165) is 5.56 Å². The van der Waals surface area contributed by atoms with Gasteiger partial charge in [0.25, 0.3) is 0 Å². The molecule has 5 nitrogen and oxygen atoms in total. The van der Waals surface area contributed by atoms with Crippen LogP contribution in [0.25, 0.3) is 11.8 Å². The summed E-state index contributed by atoms with van der Waals surface area (Å²) in [7, 11) is 0. The van der Waals surface area contributed by atoms with Gasteiger partial charge in [0, 0.05) is 0 Å². The molecule has 0 amide bonds. The van der Waals surface area contributed by atoms with Gasteiger partial charge < -0.3 is 4.74 Å². The molecule has 21 heavy (non-hydrogen) atoms. The second-order valence-electron chi connectivity index (χ2n) is 4.17. The van der Waals surface area contributed by atoms with Crippen LogP contribution < -0.4 is 4.74 Å². The average molecular weight is 280 g/mol. The van der Waals surface area contributed by atoms with Crippen molar-refractivity contribution in [1.82, 2.24) is 20.2 Å². The van der Waals surface area contributed by atoms with Gasteiger partial charge in [-0.25, -0.2) is 0 Å². The molecule has 0 bridgehead atoms. The highest BCUT2D eigenvalue weighted by Gasteiger charge is 2.07. The first-order valence-corrected chi connectivity index (χ1v) is 6.41. The maximum absolute atomic E-state index is 7.96. The molecule has 0 unspecified atom stereocenters. The molecule has 1 heterocycles. The fourth-order valence-corrected chi connectivity index (χ4v) is 1.75. The van der Waals surface area contributed by atoms with E-state index in [-0.39, 0.29) is 6.01 Å². The summed E-state index contributed by atoms with van der Waals surface area (Å²) < 4.78 is 22.6. The summed E-state index contributed by atoms with van der Waals surface area (Å²) in [5.74, 6) is 0. The second-order valence-corrected chi connectivity index (χ2v) is 4.17. The first kappa shape index (κ1) is 10.8. The molecule has 3 rings (SSSR count). The van der Waals surface area contributed by atoms with E-state index in [4.69, 9.17) is 7.48 Å². The fraction of sp³-hybridized carbons (Fsp3) is 0.0625. The van der Waals surface area contributed by atoms with Crippen LogP contribution in [0.3, 0.4) is 0 Å². The number of hydrogen-bond donors (Lipinski definition) is 0. The summed E-state index contributed by atoms with van der Waals surface area (Å²) in [6.45, 7) is -2.04. The zero-order chi connectivity index (χ0) is 16.1. The molecule has 0 fully saturated rings. The third-order valence-corrected chi connectivity index (χ3v) is 2.74. The van der Waals surface area contributed by atoms with E-state index >= 15 is 0 Å². The Bertz CT molecular complexity index is 788. The number of tetrazole rings is 1. The maximum atomic E-state index is 7.96. The molecule has 1 aromatic heterocycles. The van der Waals surface area contributed by atoms with Gasteiger partial charge in [-0.3, -0.25) is 0 Å². The molecule has 0 saturated heterocycles. The lowest BCUT2D eigenvalue weighted by molar-refractivity contribution is 0.324. The molecular formula is C16H14N4O. The smallest absolute Gasteiger partial charge is 0.340 e. The van der Waals surface area contributed by atoms with Gasteiger partial charge in [-0.05, 0) is 34.2 Å². The van der Waals surface area contributed by atoms with Crippen LogP contribution in [0.5, 0.6) is 6.01 Å². The van der Waals surface area contributed by atoms with Crippen molar-refractivity contribution in [3.63, 3.8) is 0 Å². The predicted molar refractivity (Wildman–Crippen MR) is 80.1 cm³/mol. The van der Waals surface area contributed by atoms with Crippen molar-refractivity contribution in [3.8, 4) is 11.7 Å². The lowest BCUT2D eigenvalue weighted by Gasteiger charge is -2.03. The number of ether oxygens (including phenoxy) is 1. The molecule has 2 aromatic carbocycles. The van der Waals surface area contributed by atoms with Crippen LogP contribution >= 0.6 is 0 Å². The Labute approximate surface area is 125 Å². The summed E-state index contributed by atoms with van der Waals surface area (Å²) >= 11 is 0. The molecule has 0 aliphatic rings. The molecule has 0 saturated carbocycles. The zero-order valence-electron chi connectivity index (χ0n) is 13.1. The summed E-state index contributed by atoms with van der Waals surface area (Å²) in [5, 5.41) is 11.1. The Morgan fingerprint density at radius 1 is 1.05 bits per heavy atom. The number of hydrogen-bond acceptors (Lipinski definition) is 4. The normalized spacial score (nSPS) is 13.0. The Morgan fingerprint density at radius 2 is 1.76 bits per heavy atom. The van der Waals surface area contributed by atoms with Gasteiger partial charge in [0.15, 0.2) is 0 Å². The first-order chi connectivity index (χ1) is 11.1. The highest BCUT2D eigenvalue weighted by atomic mass is 16.5. The quantitative estimate of drug-likeness (QED) is 0.721. The van der Waals surface area contributed by atoms with Gasteiger partial charge in [-0.1, -0.05) is 59.7 Å². The highest BCUT2D eigenvalue weighted by molar-refractivity contribution is 5.48. The van der Waals surface area contributed by atoms with Crippen LogP contribution in [0.15, 0.2) is 66.7 Å². The number of nitrogens with zero attached hydrogens (tertiary/aromatic N) is 4. The largest absolute Gasteiger partial charge is 0.458 e. The maximum Gasteiger partial charge on any atom is 0.340 e. The second kappa shape index (κ2) is 6.47. The van der Waals surface area contributed by atoms with Crippen molar-refractivity contribution in [2.24, 2.45) is 0 Å². The van der Waals surface area contributed by atoms with Crippen LogP contribution in [0, 0.1) is 0 Å². The van der Waals surface area contributed by atoms with Crippen LogP contribution in [0.4, 0.5) is 0 Å². The summed E-state index contributed by atoms with van der Waals surface area (Å²) in [5.41, 5.74) is 1.57. The van der Waals surface area contributed by atoms with Crippen LogP contribution in [0.1, 0.15) is 8.30 Å². The van der Waals surface area contributed by atoms with Crippen molar-refractivity contribution in [3.05, 3.63) is 72.3 Å². The standard InChI is InChI=1S/C16H14N4O/c1-3-8-14(9-4-1)10-7-13-21-16-17-18-19-20(16)15-11-5-2-6-12-15/h1-12H,13H2/b10-7+/i13D2. The lowest BCUT2D eigenvalue weighted by Crippen LogP contribution is -2.03. The minimum atomic E-state index is -2.04. The number of benzene rings is 2. The van der Waals surface area contributed by atoms with Crippen molar-refractivity contribution in [2.75, 3.05) is 6.56 Å². The van der Waals surface area contributed by atoms with Crippen LogP contribution in [-0.2, 0) is 0 Å². The molecule has 0 radical (unpaired) electrons. The van der Waals surface area contributed by atoms with Gasteiger partial charge in [0.2, 0.25) is 0 Å². The van der Waals surface area contributed by atoms with Gasteiger partial charge in [-0.2, -0.15) is 4.68 Å². The summed E-state index contributed by atoms with van der Waals surface area (Å²) in [6.07, 6.45) is 2.98. The highest BCUT2D eigenvalue weighted by Crippen LogP contribution is 2.12. The Morgan fingerprint density at radius 3 is 2.52 bits per heavy atom. The number of rotatable bonds is 5. The zero-order valence-corrected chi connectivity index (χ0v) is 11.1. The minimum absolute atomic E-state index is 0.0149. The Kier molecular flexibility index (Phi) is 3.33. The minimum Gasteiger partial charge on any atom is -0.458 e. The SMILES string of the molecule is [2H]C([2H])(/C=C/c1ccccc1)Oc1nnnn1-c1ccccc1. The predicted octanol–water partition coefficient (Wildman–Crippen LogP) is 2.75. The van der Waals surface area contributed by atoms with Crippen LogP contribution in [-0.4, -0.2) is 26.8 Å². The summed E-state index contributed by atoms with van der Waals surface area (Å²) in [6, 6.07) is 18.6.